The molecule has 0 fully saturated rings. The molecule has 0 aliphatic heterocycles. The first-order valence-electron chi connectivity index (χ1n) is 10.8. The van der Waals surface area contributed by atoms with E-state index >= 15 is 0 Å². The van der Waals surface area contributed by atoms with Gasteiger partial charge in [0.2, 0.25) is 0 Å². The molecule has 176 valence electrons. The second-order valence-corrected chi connectivity index (χ2v) is 16.6. The van der Waals surface area contributed by atoms with E-state index in [0.29, 0.717) is 35.0 Å². The molecule has 1 aromatic carbocycles. The number of thiazole rings is 1. The molecule has 0 spiro atoms. The third-order valence-electron chi connectivity index (χ3n) is 5.79. The van der Waals surface area contributed by atoms with Crippen LogP contribution < -0.4 is 4.74 Å². The number of aromatic nitrogens is 1. The highest BCUT2D eigenvalue weighted by atomic mass is 32.1. The fraction of sp³-hybridized carbons (Fsp3) is 0.458. The van der Waals surface area contributed by atoms with Crippen LogP contribution in [0.4, 0.5) is 0 Å². The van der Waals surface area contributed by atoms with Crippen LogP contribution in [0.15, 0.2) is 18.2 Å². The fourth-order valence-electron chi connectivity index (χ4n) is 3.07. The van der Waals surface area contributed by atoms with Crippen LogP contribution in [0.2, 0.25) is 18.1 Å². The third-order valence-corrected chi connectivity index (χ3v) is 12.8. The number of ether oxygens (including phenoxy) is 1. The van der Waals surface area contributed by atoms with Crippen molar-refractivity contribution in [2.24, 2.45) is 0 Å². The number of rotatable bonds is 8. The summed E-state index contributed by atoms with van der Waals surface area (Å²) in [6.07, 6.45) is 0.450. The van der Waals surface area contributed by atoms with E-state index in [2.05, 4.69) is 44.9 Å². The van der Waals surface area contributed by atoms with Gasteiger partial charge in [-0.05, 0) is 55.6 Å². The number of fused-ring (bicyclic) bond motifs is 1. The zero-order valence-electron chi connectivity index (χ0n) is 20.1. The summed E-state index contributed by atoms with van der Waals surface area (Å²) in [4.78, 5) is 17.6. The van der Waals surface area contributed by atoms with Crippen molar-refractivity contribution in [2.75, 3.05) is 6.61 Å². The minimum absolute atomic E-state index is 0.000264. The minimum atomic E-state index is -1.92. The largest absolute Gasteiger partial charge is 0.491 e. The van der Waals surface area contributed by atoms with E-state index in [4.69, 9.17) is 9.16 Å². The molecule has 0 radical (unpaired) electrons. The number of thiophene rings is 1. The lowest BCUT2D eigenvalue weighted by Crippen LogP contribution is -2.41. The van der Waals surface area contributed by atoms with Crippen LogP contribution in [0.1, 0.15) is 55.5 Å². The molecule has 6 nitrogen and oxygen atoms in total. The van der Waals surface area contributed by atoms with Crippen LogP contribution in [0.3, 0.4) is 0 Å². The molecule has 1 N–H and O–H groups in total. The van der Waals surface area contributed by atoms with E-state index in [1.165, 1.54) is 22.7 Å². The Morgan fingerprint density at radius 2 is 1.94 bits per heavy atom. The van der Waals surface area contributed by atoms with Gasteiger partial charge >= 0.3 is 5.97 Å². The lowest BCUT2D eigenvalue weighted by Gasteiger charge is -2.36. The highest BCUT2D eigenvalue weighted by Gasteiger charge is 2.37. The van der Waals surface area contributed by atoms with Gasteiger partial charge in [0.05, 0.1) is 26.9 Å². The number of aromatic carboxylic acids is 1. The Morgan fingerprint density at radius 1 is 1.24 bits per heavy atom. The van der Waals surface area contributed by atoms with Crippen molar-refractivity contribution >= 4 is 47.0 Å². The first-order valence-corrected chi connectivity index (χ1v) is 15.4. The van der Waals surface area contributed by atoms with Crippen molar-refractivity contribution in [1.82, 2.24) is 4.98 Å². The van der Waals surface area contributed by atoms with Crippen LogP contribution in [-0.4, -0.2) is 37.1 Å². The normalized spacial score (nSPS) is 12.3. The number of carboxylic acid groups (broad SMARTS) is 1. The SMILES string of the molecule is CC(C)Oc1cc(C#N)c2sc(-c3nc(CCO[Si](C)(C)C(C)(C)C)c(C(=O)O)s3)cc2c1. The van der Waals surface area contributed by atoms with Gasteiger partial charge in [0.25, 0.3) is 0 Å². The summed E-state index contributed by atoms with van der Waals surface area (Å²) in [5.41, 5.74) is 1.08. The first-order chi connectivity index (χ1) is 15.3. The molecule has 3 aromatic rings. The zero-order chi connectivity index (χ0) is 24.6. The van der Waals surface area contributed by atoms with Crippen molar-refractivity contribution in [2.45, 2.75) is 65.3 Å². The number of nitrogens with zero attached hydrogens (tertiary/aromatic N) is 2. The Kier molecular flexibility index (Phi) is 7.34. The van der Waals surface area contributed by atoms with Gasteiger partial charge in [-0.3, -0.25) is 0 Å². The van der Waals surface area contributed by atoms with Crippen LogP contribution >= 0.6 is 22.7 Å². The van der Waals surface area contributed by atoms with Gasteiger partial charge in [0.1, 0.15) is 21.7 Å². The maximum Gasteiger partial charge on any atom is 0.347 e. The summed E-state index contributed by atoms with van der Waals surface area (Å²) in [6, 6.07) is 7.86. The van der Waals surface area contributed by atoms with E-state index in [9.17, 15) is 15.2 Å². The van der Waals surface area contributed by atoms with Crippen molar-refractivity contribution in [3.63, 3.8) is 0 Å². The van der Waals surface area contributed by atoms with Gasteiger partial charge in [-0.2, -0.15) is 5.26 Å². The molecular weight excluding hydrogens is 472 g/mol. The quantitative estimate of drug-likeness (QED) is 0.335. The summed E-state index contributed by atoms with van der Waals surface area (Å²) < 4.78 is 12.9. The molecule has 0 saturated heterocycles. The van der Waals surface area contributed by atoms with E-state index in [0.717, 1.165) is 15.0 Å². The molecule has 0 saturated carbocycles. The number of carbonyl (C=O) groups is 1. The lowest BCUT2D eigenvalue weighted by molar-refractivity contribution is 0.0700. The van der Waals surface area contributed by atoms with Gasteiger partial charge in [-0.1, -0.05) is 20.8 Å². The summed E-state index contributed by atoms with van der Waals surface area (Å²) in [6.45, 7) is 15.2. The summed E-state index contributed by atoms with van der Waals surface area (Å²) in [5.74, 6) is -0.334. The average Bonchev–Trinajstić information content (AvgIpc) is 3.30. The Bertz CT molecular complexity index is 1220. The van der Waals surface area contributed by atoms with Gasteiger partial charge in [-0.15, -0.1) is 22.7 Å². The maximum absolute atomic E-state index is 11.9. The van der Waals surface area contributed by atoms with Gasteiger partial charge < -0.3 is 14.3 Å². The summed E-state index contributed by atoms with van der Waals surface area (Å²) in [5, 5.41) is 21.0. The molecule has 33 heavy (non-hydrogen) atoms. The van der Waals surface area contributed by atoms with Crippen LogP contribution in [-0.2, 0) is 10.8 Å². The monoisotopic (exact) mass is 502 g/mol. The Labute approximate surface area is 203 Å². The van der Waals surface area contributed by atoms with Gasteiger partial charge in [0, 0.05) is 13.0 Å². The maximum atomic E-state index is 11.9. The second-order valence-electron chi connectivity index (χ2n) is 9.74. The number of nitriles is 1. The predicted molar refractivity (Wildman–Crippen MR) is 137 cm³/mol. The molecule has 2 aromatic heterocycles. The average molecular weight is 503 g/mol. The topological polar surface area (TPSA) is 92.4 Å². The predicted octanol–water partition coefficient (Wildman–Crippen LogP) is 6.95. The number of hydrogen-bond donors (Lipinski definition) is 1. The van der Waals surface area contributed by atoms with Crippen LogP contribution in [0, 0.1) is 11.3 Å². The molecule has 2 heterocycles. The van der Waals surface area contributed by atoms with E-state index in [1.54, 1.807) is 6.07 Å². The molecule has 9 heteroatoms. The lowest BCUT2D eigenvalue weighted by atomic mass is 10.1. The number of benzene rings is 1. The van der Waals surface area contributed by atoms with E-state index in [-0.39, 0.29) is 16.0 Å². The Hall–Kier alpha value is -2.25. The standard InChI is InChI=1S/C24H30N2O4S2Si/c1-14(2)30-17-10-15-12-19(31-20(15)16(11-17)13-25)22-26-18(21(32-22)23(27)28)8-9-29-33(6,7)24(3,4)5/h10-12,14H,8-9H2,1-7H3,(H,27,28). The van der Waals surface area contributed by atoms with E-state index in [1.807, 2.05) is 26.0 Å². The third kappa shape index (κ3) is 5.64. The molecule has 0 amide bonds. The smallest absolute Gasteiger partial charge is 0.347 e. The first kappa shape index (κ1) is 25.4. The number of carboxylic acids is 1. The Balaban J connectivity index is 1.92. The van der Waals surface area contributed by atoms with Crippen molar-refractivity contribution in [1.29, 1.82) is 5.26 Å². The molecule has 0 unspecified atom stereocenters. The summed E-state index contributed by atoms with van der Waals surface area (Å²) in [7, 11) is -1.92. The molecule has 0 aliphatic carbocycles. The van der Waals surface area contributed by atoms with Gasteiger partial charge in [0.15, 0.2) is 8.32 Å². The van der Waals surface area contributed by atoms with Gasteiger partial charge in [-0.25, -0.2) is 9.78 Å². The van der Waals surface area contributed by atoms with Crippen LogP contribution in [0.25, 0.3) is 20.0 Å². The molecule has 0 bridgehead atoms. The van der Waals surface area contributed by atoms with Crippen molar-refractivity contribution in [3.8, 4) is 21.7 Å². The van der Waals surface area contributed by atoms with Crippen molar-refractivity contribution in [3.05, 3.63) is 34.3 Å². The zero-order valence-corrected chi connectivity index (χ0v) is 22.7. The highest BCUT2D eigenvalue weighted by molar-refractivity contribution is 7.26. The molecule has 0 aliphatic rings. The summed E-state index contributed by atoms with van der Waals surface area (Å²) >= 11 is 2.62. The van der Waals surface area contributed by atoms with Crippen molar-refractivity contribution < 1.29 is 19.1 Å². The van der Waals surface area contributed by atoms with E-state index < -0.39 is 14.3 Å². The van der Waals surface area contributed by atoms with Crippen LogP contribution in [0.5, 0.6) is 5.75 Å². The molecular formula is C24H30N2O4S2Si. The second kappa shape index (κ2) is 9.55. The highest BCUT2D eigenvalue weighted by Crippen LogP contribution is 2.40. The number of hydrogen-bond acceptors (Lipinski definition) is 7. The molecule has 3 rings (SSSR count). The molecule has 0 atom stereocenters. The Morgan fingerprint density at radius 3 is 2.52 bits per heavy atom. The minimum Gasteiger partial charge on any atom is -0.491 e. The fourth-order valence-corrected chi connectivity index (χ4v) is 6.21.